The summed E-state index contributed by atoms with van der Waals surface area (Å²) >= 11 is 1.73. The predicted molar refractivity (Wildman–Crippen MR) is 93.7 cm³/mol. The first-order valence-corrected chi connectivity index (χ1v) is 9.11. The molecule has 23 heavy (non-hydrogen) atoms. The summed E-state index contributed by atoms with van der Waals surface area (Å²) in [6, 6.07) is 7.63. The highest BCUT2D eigenvalue weighted by atomic mass is 32.1. The van der Waals surface area contributed by atoms with Gasteiger partial charge in [0.2, 0.25) is 0 Å². The van der Waals surface area contributed by atoms with Crippen LogP contribution in [0, 0.1) is 0 Å². The molecule has 2 heterocycles. The van der Waals surface area contributed by atoms with Crippen LogP contribution >= 0.6 is 11.3 Å². The monoisotopic (exact) mass is 329 g/mol. The Morgan fingerprint density at radius 1 is 1.39 bits per heavy atom. The normalized spacial score (nSPS) is 18.2. The molecule has 0 bridgehead atoms. The minimum atomic E-state index is 0.116. The first-order chi connectivity index (χ1) is 11.2. The number of carbonyl (C=O) groups is 1. The van der Waals surface area contributed by atoms with Crippen LogP contribution in [0.4, 0.5) is 0 Å². The van der Waals surface area contributed by atoms with Crippen LogP contribution in [-0.2, 0) is 13.0 Å². The highest BCUT2D eigenvalue weighted by Gasteiger charge is 2.27. The van der Waals surface area contributed by atoms with Crippen molar-refractivity contribution in [1.82, 2.24) is 9.88 Å². The fourth-order valence-electron chi connectivity index (χ4n) is 3.00. The van der Waals surface area contributed by atoms with Gasteiger partial charge in [-0.25, -0.2) is 4.98 Å². The molecule has 0 saturated carbocycles. The molecule has 1 unspecified atom stereocenters. The van der Waals surface area contributed by atoms with E-state index in [2.05, 4.69) is 12.3 Å². The maximum absolute atomic E-state index is 12.7. The van der Waals surface area contributed by atoms with Gasteiger partial charge in [0, 0.05) is 36.5 Å². The SMILES string of the molecule is CCc1csc(C2CCCN(C(=O)c3ccc(CN)cc3)C2)n1. The fraction of sp³-hybridized carbons (Fsp3) is 0.444. The van der Waals surface area contributed by atoms with Crippen molar-refractivity contribution in [3.8, 4) is 0 Å². The number of benzene rings is 1. The molecule has 1 aliphatic heterocycles. The zero-order chi connectivity index (χ0) is 16.2. The van der Waals surface area contributed by atoms with E-state index < -0.39 is 0 Å². The van der Waals surface area contributed by atoms with E-state index in [-0.39, 0.29) is 5.91 Å². The Morgan fingerprint density at radius 2 is 2.17 bits per heavy atom. The van der Waals surface area contributed by atoms with E-state index in [0.717, 1.165) is 49.2 Å². The first-order valence-electron chi connectivity index (χ1n) is 8.23. The van der Waals surface area contributed by atoms with Crippen LogP contribution in [0.25, 0.3) is 0 Å². The first kappa shape index (κ1) is 16.1. The molecule has 0 radical (unpaired) electrons. The summed E-state index contributed by atoms with van der Waals surface area (Å²) in [5, 5.41) is 3.32. The van der Waals surface area contributed by atoms with E-state index in [4.69, 9.17) is 10.7 Å². The lowest BCUT2D eigenvalue weighted by atomic mass is 9.98. The van der Waals surface area contributed by atoms with Gasteiger partial charge in [-0.1, -0.05) is 19.1 Å². The van der Waals surface area contributed by atoms with Gasteiger partial charge in [0.25, 0.3) is 5.91 Å². The van der Waals surface area contributed by atoms with Crippen molar-refractivity contribution in [3.63, 3.8) is 0 Å². The summed E-state index contributed by atoms with van der Waals surface area (Å²) in [5.74, 6) is 0.492. The van der Waals surface area contributed by atoms with E-state index in [1.54, 1.807) is 11.3 Å². The van der Waals surface area contributed by atoms with Crippen LogP contribution in [0.5, 0.6) is 0 Å². The number of nitrogens with zero attached hydrogens (tertiary/aromatic N) is 2. The van der Waals surface area contributed by atoms with E-state index in [9.17, 15) is 4.79 Å². The molecule has 122 valence electrons. The Bertz CT molecular complexity index is 665. The summed E-state index contributed by atoms with van der Waals surface area (Å²) < 4.78 is 0. The zero-order valence-electron chi connectivity index (χ0n) is 13.5. The molecular formula is C18H23N3OS. The summed E-state index contributed by atoms with van der Waals surface area (Å²) in [4.78, 5) is 19.4. The summed E-state index contributed by atoms with van der Waals surface area (Å²) in [6.45, 7) is 4.23. The number of hydrogen-bond acceptors (Lipinski definition) is 4. The number of amides is 1. The predicted octanol–water partition coefficient (Wildman–Crippen LogP) is 3.18. The number of hydrogen-bond donors (Lipinski definition) is 1. The molecule has 1 aliphatic rings. The molecule has 5 heteroatoms. The van der Waals surface area contributed by atoms with Crippen molar-refractivity contribution in [2.45, 2.75) is 38.6 Å². The molecular weight excluding hydrogens is 306 g/mol. The smallest absolute Gasteiger partial charge is 0.253 e. The second-order valence-corrected chi connectivity index (χ2v) is 6.91. The van der Waals surface area contributed by atoms with Crippen molar-refractivity contribution in [3.05, 3.63) is 51.5 Å². The van der Waals surface area contributed by atoms with Gasteiger partial charge in [-0.2, -0.15) is 0 Å². The van der Waals surface area contributed by atoms with Crippen LogP contribution in [0.3, 0.4) is 0 Å². The standard InChI is InChI=1S/C18H23N3OS/c1-2-16-12-23-17(20-16)15-4-3-9-21(11-15)18(22)14-7-5-13(10-19)6-8-14/h5-8,12,15H,2-4,9-11,19H2,1H3. The lowest BCUT2D eigenvalue weighted by molar-refractivity contribution is 0.0707. The quantitative estimate of drug-likeness (QED) is 0.937. The average molecular weight is 329 g/mol. The highest BCUT2D eigenvalue weighted by molar-refractivity contribution is 7.09. The highest BCUT2D eigenvalue weighted by Crippen LogP contribution is 2.30. The molecule has 2 N–H and O–H groups in total. The van der Waals surface area contributed by atoms with E-state index in [1.165, 1.54) is 5.01 Å². The second-order valence-electron chi connectivity index (χ2n) is 6.02. The van der Waals surface area contributed by atoms with Gasteiger partial charge in [-0.15, -0.1) is 11.3 Å². The van der Waals surface area contributed by atoms with Gasteiger partial charge in [0.1, 0.15) is 0 Å². The molecule has 1 atom stereocenters. The third-order valence-electron chi connectivity index (χ3n) is 4.43. The van der Waals surface area contributed by atoms with Crippen molar-refractivity contribution in [1.29, 1.82) is 0 Å². The van der Waals surface area contributed by atoms with Crippen LogP contribution < -0.4 is 5.73 Å². The third kappa shape index (κ3) is 3.62. The number of aryl methyl sites for hydroxylation is 1. The van der Waals surface area contributed by atoms with Gasteiger partial charge in [-0.3, -0.25) is 4.79 Å². The van der Waals surface area contributed by atoms with Gasteiger partial charge >= 0.3 is 0 Å². The third-order valence-corrected chi connectivity index (χ3v) is 5.48. The topological polar surface area (TPSA) is 59.2 Å². The van der Waals surface area contributed by atoms with E-state index in [1.807, 2.05) is 29.2 Å². The molecule has 0 spiro atoms. The fourth-order valence-corrected chi connectivity index (χ4v) is 4.03. The zero-order valence-corrected chi connectivity index (χ0v) is 14.3. The Balaban J connectivity index is 1.70. The van der Waals surface area contributed by atoms with Gasteiger partial charge in [-0.05, 0) is 37.0 Å². The molecule has 2 aromatic rings. The molecule has 1 saturated heterocycles. The lowest BCUT2D eigenvalue weighted by Crippen LogP contribution is -2.39. The molecule has 1 aromatic carbocycles. The Kier molecular flexibility index (Phi) is 5.08. The molecule has 1 amide bonds. The second kappa shape index (κ2) is 7.23. The number of nitrogens with two attached hydrogens (primary N) is 1. The Morgan fingerprint density at radius 3 is 2.83 bits per heavy atom. The number of aromatic nitrogens is 1. The number of piperidine rings is 1. The number of rotatable bonds is 4. The largest absolute Gasteiger partial charge is 0.338 e. The number of carbonyl (C=O) groups excluding carboxylic acids is 1. The molecule has 4 nitrogen and oxygen atoms in total. The summed E-state index contributed by atoms with van der Waals surface area (Å²) in [5.41, 5.74) is 8.57. The minimum absolute atomic E-state index is 0.116. The minimum Gasteiger partial charge on any atom is -0.338 e. The van der Waals surface area contributed by atoms with Crippen LogP contribution in [0.1, 0.15) is 52.3 Å². The lowest BCUT2D eigenvalue weighted by Gasteiger charge is -2.32. The molecule has 1 aromatic heterocycles. The summed E-state index contributed by atoms with van der Waals surface area (Å²) in [7, 11) is 0. The summed E-state index contributed by atoms with van der Waals surface area (Å²) in [6.07, 6.45) is 3.13. The maximum atomic E-state index is 12.7. The maximum Gasteiger partial charge on any atom is 0.253 e. The van der Waals surface area contributed by atoms with Crippen molar-refractivity contribution in [2.75, 3.05) is 13.1 Å². The van der Waals surface area contributed by atoms with Crippen LogP contribution in [-0.4, -0.2) is 28.9 Å². The van der Waals surface area contributed by atoms with Crippen molar-refractivity contribution in [2.24, 2.45) is 5.73 Å². The van der Waals surface area contributed by atoms with Gasteiger partial charge in [0.15, 0.2) is 0 Å². The van der Waals surface area contributed by atoms with Gasteiger partial charge in [0.05, 0.1) is 10.7 Å². The number of likely N-dealkylation sites (tertiary alicyclic amines) is 1. The van der Waals surface area contributed by atoms with E-state index in [0.29, 0.717) is 12.5 Å². The molecule has 0 aliphatic carbocycles. The molecule has 3 rings (SSSR count). The number of thiazole rings is 1. The van der Waals surface area contributed by atoms with Crippen molar-refractivity contribution >= 4 is 17.2 Å². The van der Waals surface area contributed by atoms with Crippen LogP contribution in [0.15, 0.2) is 29.6 Å². The Labute approximate surface area is 141 Å². The van der Waals surface area contributed by atoms with Crippen molar-refractivity contribution < 1.29 is 4.79 Å². The van der Waals surface area contributed by atoms with Gasteiger partial charge < -0.3 is 10.6 Å². The molecule has 1 fully saturated rings. The van der Waals surface area contributed by atoms with Crippen LogP contribution in [0.2, 0.25) is 0 Å². The average Bonchev–Trinajstić information content (AvgIpc) is 3.10. The Hall–Kier alpha value is -1.72. The van der Waals surface area contributed by atoms with E-state index >= 15 is 0 Å².